The fourth-order valence-corrected chi connectivity index (χ4v) is 5.02. The maximum atomic E-state index is 4.87. The Kier molecular flexibility index (Phi) is 2.21. The van der Waals surface area contributed by atoms with Crippen LogP contribution < -0.4 is 0 Å². The zero-order chi connectivity index (χ0) is 17.7. The largest absolute Gasteiger partial charge is 0.344 e. The van der Waals surface area contributed by atoms with Crippen molar-refractivity contribution in [1.82, 2.24) is 14.0 Å². The standard InChI is InChI=1S/C24H15N3/c1-26-18-9-4-7-16-21(18)22-19(26)10-5-11-20(22)27-17-8-3-2-6-14(17)15-12-13-25-23(16)24(15)27/h2-13H,1H3. The Morgan fingerprint density at radius 2 is 1.33 bits per heavy atom. The van der Waals surface area contributed by atoms with Gasteiger partial charge in [0.15, 0.2) is 0 Å². The van der Waals surface area contributed by atoms with Crippen LogP contribution in [0.5, 0.6) is 0 Å². The van der Waals surface area contributed by atoms with Crippen molar-refractivity contribution in [1.29, 1.82) is 0 Å². The molecule has 0 radical (unpaired) electrons. The third-order valence-corrected chi connectivity index (χ3v) is 6.11. The van der Waals surface area contributed by atoms with Crippen LogP contribution >= 0.6 is 0 Å². The van der Waals surface area contributed by atoms with E-state index in [0.29, 0.717) is 0 Å². The average molecular weight is 345 g/mol. The number of fused-ring (bicyclic) bond motifs is 5. The highest BCUT2D eigenvalue weighted by molar-refractivity contribution is 6.30. The molecule has 0 aliphatic carbocycles. The van der Waals surface area contributed by atoms with E-state index in [4.69, 9.17) is 4.98 Å². The minimum atomic E-state index is 1.07. The topological polar surface area (TPSA) is 22.2 Å². The summed E-state index contributed by atoms with van der Waals surface area (Å²) < 4.78 is 4.71. The molecule has 0 bridgehead atoms. The lowest BCUT2D eigenvalue weighted by molar-refractivity contribution is 1.01. The number of rotatable bonds is 0. The summed E-state index contributed by atoms with van der Waals surface area (Å²) in [6.45, 7) is 0. The van der Waals surface area contributed by atoms with Crippen molar-refractivity contribution >= 4 is 60.0 Å². The van der Waals surface area contributed by atoms with E-state index in [9.17, 15) is 0 Å². The van der Waals surface area contributed by atoms with Gasteiger partial charge in [0.05, 0.1) is 27.6 Å². The molecule has 4 heterocycles. The second kappa shape index (κ2) is 4.38. The molecule has 3 heteroatoms. The van der Waals surface area contributed by atoms with Crippen molar-refractivity contribution in [2.75, 3.05) is 0 Å². The minimum Gasteiger partial charge on any atom is -0.344 e. The summed E-state index contributed by atoms with van der Waals surface area (Å²) in [4.78, 5) is 4.87. The van der Waals surface area contributed by atoms with Crippen LogP contribution in [0.15, 0.2) is 72.9 Å². The molecule has 4 aromatic heterocycles. The normalized spacial score (nSPS) is 12.6. The monoisotopic (exact) mass is 345 g/mol. The number of pyridine rings is 1. The van der Waals surface area contributed by atoms with E-state index in [-0.39, 0.29) is 0 Å². The van der Waals surface area contributed by atoms with Gasteiger partial charge in [-0.25, -0.2) is 0 Å². The molecule has 7 rings (SSSR count). The Hall–Kier alpha value is -3.59. The molecular formula is C24H15N3. The van der Waals surface area contributed by atoms with E-state index in [2.05, 4.69) is 82.7 Å². The van der Waals surface area contributed by atoms with Gasteiger partial charge in [0, 0.05) is 45.7 Å². The van der Waals surface area contributed by atoms with Crippen LogP contribution in [0, 0.1) is 0 Å². The number of aryl methyl sites for hydroxylation is 1. The summed E-state index contributed by atoms with van der Waals surface area (Å²) in [5, 5.41) is 6.38. The Balaban J connectivity index is 2.06. The average Bonchev–Trinajstić information content (AvgIpc) is 3.16. The van der Waals surface area contributed by atoms with E-state index < -0.39 is 0 Å². The van der Waals surface area contributed by atoms with Crippen LogP contribution in [0.2, 0.25) is 0 Å². The summed E-state index contributed by atoms with van der Waals surface area (Å²) in [5.74, 6) is 0. The summed E-state index contributed by atoms with van der Waals surface area (Å²) in [6, 6.07) is 24.0. The van der Waals surface area contributed by atoms with Crippen molar-refractivity contribution in [2.24, 2.45) is 7.05 Å². The van der Waals surface area contributed by atoms with E-state index in [0.717, 1.165) is 5.52 Å². The molecule has 3 nitrogen and oxygen atoms in total. The van der Waals surface area contributed by atoms with Gasteiger partial charge in [0.2, 0.25) is 0 Å². The highest BCUT2D eigenvalue weighted by Crippen LogP contribution is 2.41. The van der Waals surface area contributed by atoms with Crippen molar-refractivity contribution < 1.29 is 0 Å². The Morgan fingerprint density at radius 1 is 0.630 bits per heavy atom. The van der Waals surface area contributed by atoms with Gasteiger partial charge in [-0.3, -0.25) is 4.98 Å². The molecule has 0 aliphatic heterocycles. The maximum absolute atomic E-state index is 4.87. The number of para-hydroxylation sites is 1. The number of hydrogen-bond donors (Lipinski definition) is 0. The van der Waals surface area contributed by atoms with E-state index >= 15 is 0 Å². The van der Waals surface area contributed by atoms with Crippen molar-refractivity contribution in [3.05, 3.63) is 72.9 Å². The molecule has 0 spiro atoms. The molecule has 0 atom stereocenters. The molecule has 0 saturated carbocycles. The minimum absolute atomic E-state index is 1.07. The van der Waals surface area contributed by atoms with Gasteiger partial charge in [-0.05, 0) is 30.3 Å². The first-order valence-corrected chi connectivity index (χ1v) is 9.23. The Bertz CT molecular complexity index is 1680. The molecule has 0 saturated heterocycles. The third-order valence-electron chi connectivity index (χ3n) is 6.11. The van der Waals surface area contributed by atoms with E-state index in [1.54, 1.807) is 0 Å². The van der Waals surface area contributed by atoms with Crippen LogP contribution in [0.1, 0.15) is 0 Å². The second-order valence-corrected chi connectivity index (χ2v) is 7.34. The molecule has 27 heavy (non-hydrogen) atoms. The smallest absolute Gasteiger partial charge is 0.0955 e. The molecule has 0 aliphatic rings. The van der Waals surface area contributed by atoms with Gasteiger partial charge in [0.1, 0.15) is 0 Å². The first kappa shape index (κ1) is 13.6. The zero-order valence-electron chi connectivity index (χ0n) is 14.8. The van der Waals surface area contributed by atoms with Crippen LogP contribution in [-0.4, -0.2) is 14.0 Å². The van der Waals surface area contributed by atoms with E-state index in [1.807, 2.05) is 6.20 Å². The van der Waals surface area contributed by atoms with E-state index in [1.165, 1.54) is 54.5 Å². The predicted molar refractivity (Wildman–Crippen MR) is 113 cm³/mol. The SMILES string of the molecule is Cn1c2cccc3c4nccc5c6ccccc6n(c6cccc1c6c32)c54. The third kappa shape index (κ3) is 1.41. The quantitative estimate of drug-likeness (QED) is 0.337. The fraction of sp³-hybridized carbons (Fsp3) is 0.0417. The molecule has 0 fully saturated rings. The van der Waals surface area contributed by atoms with Gasteiger partial charge in [-0.1, -0.05) is 36.4 Å². The summed E-state index contributed by atoms with van der Waals surface area (Å²) in [5.41, 5.74) is 7.26. The molecule has 0 unspecified atom stereocenters. The number of benzene rings is 3. The highest BCUT2D eigenvalue weighted by atomic mass is 15.0. The number of aromatic nitrogens is 3. The predicted octanol–water partition coefficient (Wildman–Crippen LogP) is 5.88. The molecule has 0 amide bonds. The Labute approximate surface area is 154 Å². The Morgan fingerprint density at radius 3 is 2.26 bits per heavy atom. The molecular weight excluding hydrogens is 330 g/mol. The highest BCUT2D eigenvalue weighted by Gasteiger charge is 2.20. The summed E-state index contributed by atoms with van der Waals surface area (Å²) in [7, 11) is 2.16. The maximum Gasteiger partial charge on any atom is 0.0955 e. The van der Waals surface area contributed by atoms with Gasteiger partial charge in [-0.2, -0.15) is 0 Å². The van der Waals surface area contributed by atoms with Crippen LogP contribution in [0.3, 0.4) is 0 Å². The molecule has 0 N–H and O–H groups in total. The van der Waals surface area contributed by atoms with Crippen molar-refractivity contribution in [3.63, 3.8) is 0 Å². The molecule has 126 valence electrons. The van der Waals surface area contributed by atoms with Crippen LogP contribution in [0.4, 0.5) is 0 Å². The summed E-state index contributed by atoms with van der Waals surface area (Å²) in [6.07, 6.45) is 1.95. The van der Waals surface area contributed by atoms with Gasteiger partial charge in [0.25, 0.3) is 0 Å². The lowest BCUT2D eigenvalue weighted by Gasteiger charge is -2.03. The van der Waals surface area contributed by atoms with Crippen molar-refractivity contribution in [3.8, 4) is 0 Å². The lowest BCUT2D eigenvalue weighted by Crippen LogP contribution is -1.89. The second-order valence-electron chi connectivity index (χ2n) is 7.34. The number of hydrogen-bond acceptors (Lipinski definition) is 1. The van der Waals surface area contributed by atoms with Crippen LogP contribution in [0.25, 0.3) is 60.0 Å². The summed E-state index contributed by atoms with van der Waals surface area (Å²) >= 11 is 0. The lowest BCUT2D eigenvalue weighted by atomic mass is 10.1. The van der Waals surface area contributed by atoms with Gasteiger partial charge < -0.3 is 8.97 Å². The first-order valence-electron chi connectivity index (χ1n) is 9.23. The van der Waals surface area contributed by atoms with Crippen molar-refractivity contribution in [2.45, 2.75) is 0 Å². The molecule has 3 aromatic carbocycles. The number of nitrogens with zero attached hydrogens (tertiary/aromatic N) is 3. The first-order chi connectivity index (χ1) is 13.3. The van der Waals surface area contributed by atoms with Gasteiger partial charge in [-0.15, -0.1) is 0 Å². The fourth-order valence-electron chi connectivity index (χ4n) is 5.02. The van der Waals surface area contributed by atoms with Crippen LogP contribution in [-0.2, 0) is 7.05 Å². The zero-order valence-corrected chi connectivity index (χ0v) is 14.8. The van der Waals surface area contributed by atoms with Gasteiger partial charge >= 0.3 is 0 Å². The molecule has 7 aromatic rings.